The molecule has 4 nitrogen and oxygen atoms in total. The first-order valence-electron chi connectivity index (χ1n) is 6.15. The molecule has 0 aromatic heterocycles. The van der Waals surface area contributed by atoms with Crippen LogP contribution in [0.15, 0.2) is 4.99 Å². The summed E-state index contributed by atoms with van der Waals surface area (Å²) < 4.78 is 69.2. The molecule has 0 aliphatic heterocycles. The fraction of sp³-hybridized carbons (Fsp3) is 0.385. The van der Waals surface area contributed by atoms with Gasteiger partial charge in [-0.25, -0.2) is 23.0 Å². The van der Waals surface area contributed by atoms with Crippen LogP contribution >= 0.6 is 0 Å². The first-order chi connectivity index (χ1) is 10.4. The summed E-state index contributed by atoms with van der Waals surface area (Å²) in [5, 5.41) is 0. The first-order valence-corrected chi connectivity index (χ1v) is 6.15. The number of nitrogens with zero attached hydrogens (tertiary/aromatic N) is 1. The Morgan fingerprint density at radius 1 is 0.909 bits per heavy atom. The molecule has 0 unspecified atom stereocenters. The van der Waals surface area contributed by atoms with Crippen molar-refractivity contribution in [2.45, 2.75) is 25.7 Å². The molecule has 0 aliphatic rings. The number of carbonyl (C=O) groups excluding carboxylic acids is 2. The van der Waals surface area contributed by atoms with Crippen molar-refractivity contribution in [1.29, 1.82) is 0 Å². The summed E-state index contributed by atoms with van der Waals surface area (Å²) in [6, 6.07) is 0. The van der Waals surface area contributed by atoms with E-state index < -0.39 is 40.8 Å². The Kier molecular flexibility index (Phi) is 6.65. The van der Waals surface area contributed by atoms with Crippen LogP contribution in [-0.2, 0) is 9.59 Å². The summed E-state index contributed by atoms with van der Waals surface area (Å²) in [6.45, 7) is 0.218. The maximum atomic E-state index is 13.2. The predicted octanol–water partition coefficient (Wildman–Crippen LogP) is 3.18. The highest BCUT2D eigenvalue weighted by Gasteiger charge is 2.28. The second kappa shape index (κ2) is 8.23. The van der Waals surface area contributed by atoms with Gasteiger partial charge in [0.25, 0.3) is 0 Å². The monoisotopic (exact) mass is 323 g/mol. The molecule has 22 heavy (non-hydrogen) atoms. The molecule has 0 radical (unpaired) electrons. The summed E-state index contributed by atoms with van der Waals surface area (Å²) >= 11 is 0. The first kappa shape index (κ1) is 17.8. The van der Waals surface area contributed by atoms with E-state index in [1.165, 1.54) is 6.08 Å². The van der Waals surface area contributed by atoms with Gasteiger partial charge in [-0.15, -0.1) is 0 Å². The molecule has 0 saturated heterocycles. The summed E-state index contributed by atoms with van der Waals surface area (Å²) in [5.74, 6) is -13.9. The van der Waals surface area contributed by atoms with Gasteiger partial charge in [-0.1, -0.05) is 6.42 Å². The number of ether oxygens (including phenoxy) is 1. The van der Waals surface area contributed by atoms with Crippen molar-refractivity contribution >= 4 is 12.0 Å². The lowest BCUT2D eigenvalue weighted by molar-refractivity contribution is -0.135. The molecule has 0 N–H and O–H groups in total. The van der Waals surface area contributed by atoms with Gasteiger partial charge in [0, 0.05) is 6.42 Å². The van der Waals surface area contributed by atoms with E-state index in [4.69, 9.17) is 0 Å². The number of hydrogen-bond donors (Lipinski definition) is 0. The zero-order chi connectivity index (χ0) is 16.7. The Labute approximate surface area is 121 Å². The Morgan fingerprint density at radius 2 is 1.45 bits per heavy atom. The van der Waals surface area contributed by atoms with E-state index in [0.29, 0.717) is 12.8 Å². The average Bonchev–Trinajstić information content (AvgIpc) is 2.51. The van der Waals surface area contributed by atoms with Gasteiger partial charge in [-0.2, -0.15) is 8.78 Å². The van der Waals surface area contributed by atoms with Crippen LogP contribution in [0, 0.1) is 29.1 Å². The van der Waals surface area contributed by atoms with E-state index in [-0.39, 0.29) is 19.4 Å². The average molecular weight is 323 g/mol. The van der Waals surface area contributed by atoms with E-state index >= 15 is 0 Å². The van der Waals surface area contributed by atoms with Crippen LogP contribution in [0.2, 0.25) is 0 Å². The molecule has 0 aliphatic carbocycles. The number of rotatable bonds is 7. The minimum atomic E-state index is -2.33. The Hall–Kier alpha value is -2.28. The van der Waals surface area contributed by atoms with Crippen molar-refractivity contribution in [3.63, 3.8) is 0 Å². The van der Waals surface area contributed by atoms with Gasteiger partial charge >= 0.3 is 5.97 Å². The van der Waals surface area contributed by atoms with Gasteiger partial charge in [-0.3, -0.25) is 4.79 Å². The number of hydrogen-bond acceptors (Lipinski definition) is 4. The summed E-state index contributed by atoms with van der Waals surface area (Å²) in [6.07, 6.45) is 2.21. The van der Waals surface area contributed by atoms with E-state index in [1.54, 1.807) is 0 Å². The molecule has 9 heteroatoms. The SMILES string of the molecule is O=C=NCCCCCC(=O)Oc1c(F)c(F)c(F)c(F)c1F. The van der Waals surface area contributed by atoms with Crippen LogP contribution in [0.3, 0.4) is 0 Å². The molecule has 0 heterocycles. The Morgan fingerprint density at radius 3 is 2.00 bits per heavy atom. The number of aliphatic imine (C=N–C) groups is 1. The standard InChI is InChI=1S/C13H10F5NO3/c14-8-9(15)11(17)13(12(18)10(8)16)22-7(21)4-2-1-3-5-19-6-20/h1-5H2. The van der Waals surface area contributed by atoms with Gasteiger partial charge < -0.3 is 4.74 Å². The van der Waals surface area contributed by atoms with E-state index in [9.17, 15) is 31.5 Å². The quantitative estimate of drug-likeness (QED) is 0.113. The maximum absolute atomic E-state index is 13.2. The Balaban J connectivity index is 2.64. The summed E-state index contributed by atoms with van der Waals surface area (Å²) in [7, 11) is 0. The van der Waals surface area contributed by atoms with E-state index in [0.717, 1.165) is 0 Å². The molecular formula is C13H10F5NO3. The van der Waals surface area contributed by atoms with Crippen LogP contribution < -0.4 is 4.74 Å². The lowest BCUT2D eigenvalue weighted by Gasteiger charge is -2.08. The fourth-order valence-corrected chi connectivity index (χ4v) is 1.52. The molecule has 120 valence electrons. The van der Waals surface area contributed by atoms with Crippen LogP contribution in [-0.4, -0.2) is 18.6 Å². The third-order valence-corrected chi connectivity index (χ3v) is 2.60. The normalized spacial score (nSPS) is 10.2. The lowest BCUT2D eigenvalue weighted by Crippen LogP contribution is -2.13. The van der Waals surface area contributed by atoms with Crippen molar-refractivity contribution < 1.29 is 36.3 Å². The molecule has 1 aromatic carbocycles. The van der Waals surface area contributed by atoms with Gasteiger partial charge in [0.2, 0.25) is 40.9 Å². The maximum Gasteiger partial charge on any atom is 0.311 e. The van der Waals surface area contributed by atoms with Crippen LogP contribution in [0.4, 0.5) is 22.0 Å². The fourth-order valence-electron chi connectivity index (χ4n) is 1.52. The largest absolute Gasteiger partial charge is 0.420 e. The summed E-state index contributed by atoms with van der Waals surface area (Å²) in [5.41, 5.74) is 0. The number of unbranched alkanes of at least 4 members (excludes halogenated alkanes) is 2. The second-order valence-corrected chi connectivity index (χ2v) is 4.16. The predicted molar refractivity (Wildman–Crippen MR) is 63.3 cm³/mol. The minimum Gasteiger partial charge on any atom is -0.420 e. The molecule has 1 aromatic rings. The second-order valence-electron chi connectivity index (χ2n) is 4.16. The highest BCUT2D eigenvalue weighted by molar-refractivity contribution is 5.72. The van der Waals surface area contributed by atoms with Crippen molar-refractivity contribution in [3.8, 4) is 5.75 Å². The van der Waals surface area contributed by atoms with Gasteiger partial charge in [0.05, 0.1) is 6.54 Å². The molecule has 0 atom stereocenters. The molecular weight excluding hydrogens is 313 g/mol. The molecule has 0 amide bonds. The van der Waals surface area contributed by atoms with Crippen molar-refractivity contribution in [2.75, 3.05) is 6.54 Å². The number of halogens is 5. The van der Waals surface area contributed by atoms with Gasteiger partial charge in [0.1, 0.15) is 0 Å². The molecule has 1 rings (SSSR count). The summed E-state index contributed by atoms with van der Waals surface area (Å²) in [4.78, 5) is 24.4. The van der Waals surface area contributed by atoms with Gasteiger partial charge in [0.15, 0.2) is 0 Å². The highest BCUT2D eigenvalue weighted by Crippen LogP contribution is 2.29. The van der Waals surface area contributed by atoms with Crippen LogP contribution in [0.1, 0.15) is 25.7 Å². The van der Waals surface area contributed by atoms with E-state index in [1.807, 2.05) is 0 Å². The van der Waals surface area contributed by atoms with Gasteiger partial charge in [-0.05, 0) is 12.8 Å². The zero-order valence-electron chi connectivity index (χ0n) is 11.1. The van der Waals surface area contributed by atoms with Crippen molar-refractivity contribution in [1.82, 2.24) is 0 Å². The molecule has 0 saturated carbocycles. The third kappa shape index (κ3) is 4.36. The van der Waals surface area contributed by atoms with Crippen molar-refractivity contribution in [2.24, 2.45) is 4.99 Å². The third-order valence-electron chi connectivity index (χ3n) is 2.60. The number of isocyanates is 1. The molecule has 0 spiro atoms. The minimum absolute atomic E-state index is 0.218. The topological polar surface area (TPSA) is 55.7 Å². The van der Waals surface area contributed by atoms with Crippen LogP contribution in [0.25, 0.3) is 0 Å². The highest BCUT2D eigenvalue weighted by atomic mass is 19.2. The van der Waals surface area contributed by atoms with E-state index in [2.05, 4.69) is 9.73 Å². The molecule has 0 bridgehead atoms. The number of esters is 1. The lowest BCUT2D eigenvalue weighted by atomic mass is 10.2. The smallest absolute Gasteiger partial charge is 0.311 e. The number of benzene rings is 1. The Bertz CT molecular complexity index is 585. The number of carbonyl (C=O) groups is 1. The van der Waals surface area contributed by atoms with Crippen molar-refractivity contribution in [3.05, 3.63) is 29.1 Å². The molecule has 0 fully saturated rings. The zero-order valence-corrected chi connectivity index (χ0v) is 11.1. The van der Waals surface area contributed by atoms with Crippen LogP contribution in [0.5, 0.6) is 5.75 Å².